The van der Waals surface area contributed by atoms with Gasteiger partial charge >= 0.3 is 0 Å². The second kappa shape index (κ2) is 9.28. The highest BCUT2D eigenvalue weighted by Crippen LogP contribution is 2.23. The van der Waals surface area contributed by atoms with Crippen LogP contribution in [-0.4, -0.2) is 70.7 Å². The van der Waals surface area contributed by atoms with Gasteiger partial charge < -0.3 is 10.1 Å². The van der Waals surface area contributed by atoms with Gasteiger partial charge in [0.2, 0.25) is 20.0 Å². The van der Waals surface area contributed by atoms with Crippen LogP contribution in [0.25, 0.3) is 0 Å². The first-order chi connectivity index (χ1) is 14.9. The van der Waals surface area contributed by atoms with E-state index in [0.717, 1.165) is 4.31 Å². The van der Waals surface area contributed by atoms with E-state index in [2.05, 4.69) is 5.32 Å². The summed E-state index contributed by atoms with van der Waals surface area (Å²) in [6.45, 7) is 4.09. The van der Waals surface area contributed by atoms with Gasteiger partial charge in [0.15, 0.2) is 0 Å². The number of nitrogens with one attached hydrogen (secondary N) is 1. The Morgan fingerprint density at radius 3 is 2.19 bits per heavy atom. The molecular weight excluding hydrogens is 454 g/mol. The molecule has 3 rings (SSSR count). The van der Waals surface area contributed by atoms with Gasteiger partial charge in [0.1, 0.15) is 0 Å². The predicted octanol–water partition coefficient (Wildman–Crippen LogP) is 1.99. The molecule has 1 aliphatic rings. The van der Waals surface area contributed by atoms with Gasteiger partial charge in [0.05, 0.1) is 22.0 Å². The Morgan fingerprint density at radius 1 is 0.969 bits per heavy atom. The van der Waals surface area contributed by atoms with Crippen molar-refractivity contribution in [1.29, 1.82) is 0 Å². The number of nitrogens with zero attached hydrogens (tertiary/aromatic N) is 2. The number of hydrogen-bond acceptors (Lipinski definition) is 6. The molecule has 1 saturated heterocycles. The predicted molar refractivity (Wildman–Crippen MR) is 120 cm³/mol. The zero-order valence-corrected chi connectivity index (χ0v) is 20.0. The average Bonchev–Trinajstić information content (AvgIpc) is 2.73. The summed E-state index contributed by atoms with van der Waals surface area (Å²) in [5.74, 6) is -0.551. The number of ether oxygens (including phenoxy) is 1. The Bertz CT molecular complexity index is 1200. The molecule has 0 aliphatic carbocycles. The molecule has 11 heteroatoms. The number of carbonyl (C=O) groups is 1. The number of carbonyl (C=O) groups excluding carboxylic acids is 1. The lowest BCUT2D eigenvalue weighted by atomic mass is 10.2. The third kappa shape index (κ3) is 5.18. The maximum Gasteiger partial charge on any atom is 0.255 e. The topological polar surface area (TPSA) is 113 Å². The molecular formula is C21H27N3O6S2. The van der Waals surface area contributed by atoms with E-state index in [1.807, 2.05) is 13.8 Å². The molecule has 9 nitrogen and oxygen atoms in total. The van der Waals surface area contributed by atoms with Crippen molar-refractivity contribution in [2.75, 3.05) is 32.5 Å². The SMILES string of the molecule is C[C@@H]1CN(S(=O)(=O)c2cccc(C(=O)Nc3cccc(S(=O)(=O)N(C)C)c3)c2)C[C@@H](C)O1. The van der Waals surface area contributed by atoms with E-state index < -0.39 is 26.0 Å². The van der Waals surface area contributed by atoms with Gasteiger partial charge in [0.25, 0.3) is 5.91 Å². The normalized spacial score (nSPS) is 20.3. The Kier molecular flexibility index (Phi) is 7.06. The van der Waals surface area contributed by atoms with Crippen molar-refractivity contribution in [3.05, 3.63) is 54.1 Å². The average molecular weight is 482 g/mol. The van der Waals surface area contributed by atoms with Crippen LogP contribution in [0.3, 0.4) is 0 Å². The fourth-order valence-corrected chi connectivity index (χ4v) is 6.01. The third-order valence-corrected chi connectivity index (χ3v) is 8.63. The Balaban J connectivity index is 1.84. The molecule has 0 unspecified atom stereocenters. The second-order valence-corrected chi connectivity index (χ2v) is 12.0. The smallest absolute Gasteiger partial charge is 0.255 e. The summed E-state index contributed by atoms with van der Waals surface area (Å²) in [7, 11) is -4.63. The van der Waals surface area contributed by atoms with Crippen LogP contribution in [0, 0.1) is 0 Å². The van der Waals surface area contributed by atoms with Crippen LogP contribution in [-0.2, 0) is 24.8 Å². The number of benzene rings is 2. The Morgan fingerprint density at radius 2 is 1.56 bits per heavy atom. The monoisotopic (exact) mass is 481 g/mol. The van der Waals surface area contributed by atoms with Crippen LogP contribution in [0.1, 0.15) is 24.2 Å². The molecule has 1 aliphatic heterocycles. The third-order valence-electron chi connectivity index (χ3n) is 4.99. The summed E-state index contributed by atoms with van der Waals surface area (Å²) in [6, 6.07) is 11.6. The minimum atomic E-state index is -3.80. The lowest BCUT2D eigenvalue weighted by Gasteiger charge is -2.34. The van der Waals surface area contributed by atoms with Crippen molar-refractivity contribution >= 4 is 31.6 Å². The van der Waals surface area contributed by atoms with Crippen molar-refractivity contribution in [3.63, 3.8) is 0 Å². The number of rotatable bonds is 6. The molecule has 32 heavy (non-hydrogen) atoms. The lowest BCUT2D eigenvalue weighted by molar-refractivity contribution is -0.0440. The van der Waals surface area contributed by atoms with E-state index >= 15 is 0 Å². The number of sulfonamides is 2. The van der Waals surface area contributed by atoms with Crippen LogP contribution < -0.4 is 5.32 Å². The highest BCUT2D eigenvalue weighted by Gasteiger charge is 2.32. The molecule has 1 fully saturated rings. The summed E-state index contributed by atoms with van der Waals surface area (Å²) in [5, 5.41) is 2.63. The summed E-state index contributed by atoms with van der Waals surface area (Å²) >= 11 is 0. The van der Waals surface area contributed by atoms with Gasteiger partial charge in [-0.25, -0.2) is 21.1 Å². The quantitative estimate of drug-likeness (QED) is 0.675. The molecule has 1 heterocycles. The maximum atomic E-state index is 13.1. The van der Waals surface area contributed by atoms with Crippen LogP contribution >= 0.6 is 0 Å². The Hall–Kier alpha value is -2.31. The van der Waals surface area contributed by atoms with Gasteiger partial charge in [-0.05, 0) is 50.2 Å². The van der Waals surface area contributed by atoms with Crippen LogP contribution in [0.5, 0.6) is 0 Å². The maximum absolute atomic E-state index is 13.1. The molecule has 0 aromatic heterocycles. The lowest BCUT2D eigenvalue weighted by Crippen LogP contribution is -2.48. The van der Waals surface area contributed by atoms with E-state index in [1.165, 1.54) is 60.9 Å². The summed E-state index contributed by atoms with van der Waals surface area (Å²) in [5.41, 5.74) is 0.420. The van der Waals surface area contributed by atoms with E-state index in [0.29, 0.717) is 0 Å². The molecule has 2 aromatic rings. The van der Waals surface area contributed by atoms with Crippen molar-refractivity contribution in [2.45, 2.75) is 35.8 Å². The minimum Gasteiger partial charge on any atom is -0.373 e. The van der Waals surface area contributed by atoms with E-state index in [-0.39, 0.29) is 46.3 Å². The molecule has 1 amide bonds. The number of anilines is 1. The first-order valence-electron chi connectivity index (χ1n) is 10.0. The fourth-order valence-electron chi connectivity index (χ4n) is 3.42. The van der Waals surface area contributed by atoms with Crippen LogP contribution in [0.4, 0.5) is 5.69 Å². The molecule has 2 atom stereocenters. The zero-order valence-electron chi connectivity index (χ0n) is 18.3. The second-order valence-electron chi connectivity index (χ2n) is 7.88. The van der Waals surface area contributed by atoms with Crippen molar-refractivity contribution in [3.8, 4) is 0 Å². The summed E-state index contributed by atoms with van der Waals surface area (Å²) in [6.07, 6.45) is -0.462. The first kappa shape index (κ1) is 24.3. The number of morpholine rings is 1. The molecule has 0 bridgehead atoms. The highest BCUT2D eigenvalue weighted by atomic mass is 32.2. The van der Waals surface area contributed by atoms with Gasteiger partial charge in [-0.2, -0.15) is 4.31 Å². The van der Waals surface area contributed by atoms with Gasteiger partial charge in [-0.1, -0.05) is 12.1 Å². The van der Waals surface area contributed by atoms with Gasteiger partial charge in [0, 0.05) is 38.4 Å². The van der Waals surface area contributed by atoms with Crippen molar-refractivity contribution < 1.29 is 26.4 Å². The molecule has 1 N–H and O–H groups in total. The molecule has 0 saturated carbocycles. The Labute approximate surface area is 189 Å². The number of hydrogen-bond donors (Lipinski definition) is 1. The van der Waals surface area contributed by atoms with Crippen molar-refractivity contribution in [1.82, 2.24) is 8.61 Å². The minimum absolute atomic E-state index is 0.00962. The van der Waals surface area contributed by atoms with E-state index in [4.69, 9.17) is 4.74 Å². The van der Waals surface area contributed by atoms with Gasteiger partial charge in [-0.3, -0.25) is 4.79 Å². The molecule has 0 radical (unpaired) electrons. The fraction of sp³-hybridized carbons (Fsp3) is 0.381. The highest BCUT2D eigenvalue weighted by molar-refractivity contribution is 7.89. The van der Waals surface area contributed by atoms with E-state index in [1.54, 1.807) is 6.07 Å². The molecule has 174 valence electrons. The number of amides is 1. The van der Waals surface area contributed by atoms with Crippen LogP contribution in [0.15, 0.2) is 58.3 Å². The largest absolute Gasteiger partial charge is 0.373 e. The zero-order chi connectivity index (χ0) is 23.7. The summed E-state index contributed by atoms with van der Waals surface area (Å²) in [4.78, 5) is 12.8. The molecule has 2 aromatic carbocycles. The standard InChI is InChI=1S/C21H27N3O6S2/c1-15-13-24(14-16(2)30-15)32(28,29)19-9-5-7-17(11-19)21(25)22-18-8-6-10-20(12-18)31(26,27)23(3)4/h5-12,15-16H,13-14H2,1-4H3,(H,22,25)/t15-,16-/m1/s1. The van der Waals surface area contributed by atoms with Crippen molar-refractivity contribution in [2.24, 2.45) is 0 Å². The first-order valence-corrected chi connectivity index (χ1v) is 12.9. The van der Waals surface area contributed by atoms with Gasteiger partial charge in [-0.15, -0.1) is 0 Å². The van der Waals surface area contributed by atoms with Crippen LogP contribution in [0.2, 0.25) is 0 Å². The summed E-state index contributed by atoms with van der Waals surface area (Å²) < 4.78 is 58.9. The van der Waals surface area contributed by atoms with E-state index in [9.17, 15) is 21.6 Å². The molecule has 0 spiro atoms.